The van der Waals surface area contributed by atoms with E-state index in [4.69, 9.17) is 0 Å². The van der Waals surface area contributed by atoms with Crippen LogP contribution in [0.1, 0.15) is 41.5 Å². The molecular formula is C16H17N3O3. The minimum atomic E-state index is -0.482. The number of hydrogen-bond donors (Lipinski definition) is 0. The Balaban J connectivity index is 2.26. The molecule has 0 saturated carbocycles. The van der Waals surface area contributed by atoms with E-state index >= 15 is 0 Å². The van der Waals surface area contributed by atoms with E-state index in [2.05, 4.69) is 4.98 Å². The van der Waals surface area contributed by atoms with Gasteiger partial charge in [-0.25, -0.2) is 4.98 Å². The molecule has 0 fully saturated rings. The molecule has 0 radical (unpaired) electrons. The third-order valence-electron chi connectivity index (χ3n) is 3.35. The Morgan fingerprint density at radius 1 is 1.41 bits per heavy atom. The molecule has 1 aromatic heterocycles. The molecule has 0 bridgehead atoms. The Bertz CT molecular complexity index is 745. The number of hydrogen-bond acceptors (Lipinski definition) is 4. The first-order valence-corrected chi connectivity index (χ1v) is 6.89. The van der Waals surface area contributed by atoms with Gasteiger partial charge in [-0.3, -0.25) is 14.9 Å². The number of carbonyl (C=O) groups excluding carboxylic acids is 1. The van der Waals surface area contributed by atoms with E-state index in [0.717, 1.165) is 5.69 Å². The highest BCUT2D eigenvalue weighted by Gasteiger charge is 2.13. The average molecular weight is 299 g/mol. The highest BCUT2D eigenvalue weighted by atomic mass is 16.6. The number of aromatic nitrogens is 2. The third-order valence-corrected chi connectivity index (χ3v) is 3.35. The maximum Gasteiger partial charge on any atom is 0.273 e. The maximum atomic E-state index is 12.2. The molecule has 6 heteroatoms. The largest absolute Gasteiger partial charge is 0.329 e. The van der Waals surface area contributed by atoms with Crippen LogP contribution in [-0.2, 0) is 0 Å². The topological polar surface area (TPSA) is 78.0 Å². The Labute approximate surface area is 128 Å². The first-order chi connectivity index (χ1) is 10.4. The maximum absolute atomic E-state index is 12.2. The summed E-state index contributed by atoms with van der Waals surface area (Å²) in [5.74, 6) is -0.278. The van der Waals surface area contributed by atoms with Crippen molar-refractivity contribution < 1.29 is 9.72 Å². The summed E-state index contributed by atoms with van der Waals surface area (Å²) in [6.45, 7) is 5.68. The van der Waals surface area contributed by atoms with Gasteiger partial charge >= 0.3 is 0 Å². The van der Waals surface area contributed by atoms with E-state index in [1.165, 1.54) is 12.1 Å². The lowest BCUT2D eigenvalue weighted by Gasteiger charge is -2.08. The molecule has 2 aromatic rings. The predicted molar refractivity (Wildman–Crippen MR) is 83.8 cm³/mol. The minimum absolute atomic E-state index is 0.0496. The smallest absolute Gasteiger partial charge is 0.273 e. The lowest BCUT2D eigenvalue weighted by atomic mass is 10.1. The van der Waals surface area contributed by atoms with Crippen LogP contribution in [0.5, 0.6) is 0 Å². The fourth-order valence-electron chi connectivity index (χ4n) is 2.09. The number of rotatable bonds is 5. The van der Waals surface area contributed by atoms with Crippen molar-refractivity contribution in [1.29, 1.82) is 0 Å². The molecular weight excluding hydrogens is 282 g/mol. The van der Waals surface area contributed by atoms with Crippen molar-refractivity contribution in [2.45, 2.75) is 26.8 Å². The molecule has 1 aromatic carbocycles. The van der Waals surface area contributed by atoms with Gasteiger partial charge in [0.2, 0.25) is 0 Å². The third kappa shape index (κ3) is 3.28. The Hall–Kier alpha value is -2.76. The monoisotopic (exact) mass is 299 g/mol. The molecule has 22 heavy (non-hydrogen) atoms. The van der Waals surface area contributed by atoms with Gasteiger partial charge in [0.1, 0.15) is 0 Å². The summed E-state index contributed by atoms with van der Waals surface area (Å²) in [4.78, 5) is 26.7. The first-order valence-electron chi connectivity index (χ1n) is 6.89. The van der Waals surface area contributed by atoms with Gasteiger partial charge in [-0.05, 0) is 32.9 Å². The SMILES string of the molecule is Cc1ccc(C(=O)C=Cc2cncn2C(C)C)cc1[N+](=O)[O-]. The molecule has 0 atom stereocenters. The van der Waals surface area contributed by atoms with Crippen LogP contribution in [0.4, 0.5) is 5.69 Å². The van der Waals surface area contributed by atoms with Gasteiger partial charge in [0.15, 0.2) is 5.78 Å². The number of benzene rings is 1. The zero-order valence-electron chi connectivity index (χ0n) is 12.7. The Morgan fingerprint density at radius 2 is 2.14 bits per heavy atom. The fourth-order valence-corrected chi connectivity index (χ4v) is 2.09. The molecule has 6 nitrogen and oxygen atoms in total. The molecule has 0 unspecified atom stereocenters. The number of carbonyl (C=O) groups is 1. The summed E-state index contributed by atoms with van der Waals surface area (Å²) in [5.41, 5.74) is 1.59. The molecule has 0 saturated heterocycles. The number of imidazole rings is 1. The number of nitrogens with zero attached hydrogens (tertiary/aromatic N) is 3. The summed E-state index contributed by atoms with van der Waals surface area (Å²) in [6.07, 6.45) is 6.44. The summed E-state index contributed by atoms with van der Waals surface area (Å²) in [7, 11) is 0. The fraction of sp³-hybridized carbons (Fsp3) is 0.250. The molecule has 0 amide bonds. The quantitative estimate of drug-likeness (QED) is 0.366. The van der Waals surface area contributed by atoms with E-state index in [1.807, 2.05) is 18.4 Å². The van der Waals surface area contributed by atoms with Crippen LogP contribution in [0.3, 0.4) is 0 Å². The second kappa shape index (κ2) is 6.34. The van der Waals surface area contributed by atoms with Gasteiger partial charge in [0.05, 0.1) is 23.1 Å². The number of aryl methyl sites for hydroxylation is 1. The first kappa shape index (κ1) is 15.6. The zero-order valence-corrected chi connectivity index (χ0v) is 12.7. The minimum Gasteiger partial charge on any atom is -0.329 e. The van der Waals surface area contributed by atoms with Crippen LogP contribution in [0.2, 0.25) is 0 Å². The van der Waals surface area contributed by atoms with Crippen molar-refractivity contribution in [2.24, 2.45) is 0 Å². The van der Waals surface area contributed by atoms with Crippen molar-refractivity contribution in [2.75, 3.05) is 0 Å². The Kier molecular flexibility index (Phi) is 4.50. The van der Waals surface area contributed by atoms with Crippen LogP contribution in [-0.4, -0.2) is 20.3 Å². The van der Waals surface area contributed by atoms with Gasteiger partial charge < -0.3 is 4.57 Å². The summed E-state index contributed by atoms with van der Waals surface area (Å²) in [6, 6.07) is 4.71. The van der Waals surface area contributed by atoms with Gasteiger partial charge in [-0.2, -0.15) is 0 Å². The number of nitro groups is 1. The Morgan fingerprint density at radius 3 is 2.77 bits per heavy atom. The molecule has 2 rings (SSSR count). The van der Waals surface area contributed by atoms with Crippen molar-refractivity contribution in [3.05, 3.63) is 63.7 Å². The van der Waals surface area contributed by atoms with Crippen LogP contribution in [0.15, 0.2) is 36.8 Å². The predicted octanol–water partition coefficient (Wildman–Crippen LogP) is 3.58. The van der Waals surface area contributed by atoms with Crippen molar-refractivity contribution in [1.82, 2.24) is 9.55 Å². The van der Waals surface area contributed by atoms with Crippen molar-refractivity contribution >= 4 is 17.5 Å². The molecule has 114 valence electrons. The summed E-state index contributed by atoms with van der Waals surface area (Å²) < 4.78 is 1.93. The lowest BCUT2D eigenvalue weighted by Crippen LogP contribution is -2.02. The highest BCUT2D eigenvalue weighted by Crippen LogP contribution is 2.20. The highest BCUT2D eigenvalue weighted by molar-refractivity contribution is 6.07. The molecule has 0 N–H and O–H groups in total. The van der Waals surface area contributed by atoms with Gasteiger partial charge in [0, 0.05) is 23.2 Å². The average Bonchev–Trinajstić information content (AvgIpc) is 2.93. The second-order valence-corrected chi connectivity index (χ2v) is 5.28. The van der Waals surface area contributed by atoms with Crippen LogP contribution in [0, 0.1) is 17.0 Å². The van der Waals surface area contributed by atoms with Gasteiger partial charge in [-0.15, -0.1) is 0 Å². The molecule has 1 heterocycles. The summed E-state index contributed by atoms with van der Waals surface area (Å²) in [5, 5.41) is 10.9. The second-order valence-electron chi connectivity index (χ2n) is 5.28. The standard InChI is InChI=1S/C16H17N3O3/c1-11(2)18-10-17-9-14(18)6-7-16(20)13-5-4-12(3)15(8-13)19(21)22/h4-11H,1-3H3. The van der Waals surface area contributed by atoms with Gasteiger partial charge in [0.25, 0.3) is 5.69 Å². The molecule has 0 spiro atoms. The van der Waals surface area contributed by atoms with Crippen LogP contribution in [0.25, 0.3) is 6.08 Å². The number of nitro benzene ring substituents is 1. The number of ketones is 1. The molecule has 0 aliphatic carbocycles. The zero-order chi connectivity index (χ0) is 16.3. The number of allylic oxidation sites excluding steroid dienone is 1. The van der Waals surface area contributed by atoms with Crippen LogP contribution >= 0.6 is 0 Å². The lowest BCUT2D eigenvalue weighted by molar-refractivity contribution is -0.385. The van der Waals surface area contributed by atoms with E-state index in [1.54, 1.807) is 37.7 Å². The summed E-state index contributed by atoms with van der Waals surface area (Å²) >= 11 is 0. The van der Waals surface area contributed by atoms with E-state index in [9.17, 15) is 14.9 Å². The molecule has 0 aliphatic rings. The van der Waals surface area contributed by atoms with E-state index in [0.29, 0.717) is 11.1 Å². The normalized spacial score (nSPS) is 11.3. The van der Waals surface area contributed by atoms with Crippen molar-refractivity contribution in [3.8, 4) is 0 Å². The molecule has 0 aliphatic heterocycles. The van der Waals surface area contributed by atoms with Gasteiger partial charge in [-0.1, -0.05) is 12.1 Å². The van der Waals surface area contributed by atoms with Crippen LogP contribution < -0.4 is 0 Å². The van der Waals surface area contributed by atoms with E-state index < -0.39 is 4.92 Å². The van der Waals surface area contributed by atoms with Crippen molar-refractivity contribution in [3.63, 3.8) is 0 Å². The van der Waals surface area contributed by atoms with E-state index in [-0.39, 0.29) is 17.5 Å².